The Labute approximate surface area is 278 Å². The van der Waals surface area contributed by atoms with Gasteiger partial charge in [0.15, 0.2) is 0 Å². The van der Waals surface area contributed by atoms with Crippen molar-refractivity contribution >= 4 is 47.2 Å². The first-order chi connectivity index (χ1) is 22.5. The van der Waals surface area contributed by atoms with Gasteiger partial charge in [-0.2, -0.15) is 8.42 Å². The molecule has 0 spiro atoms. The van der Waals surface area contributed by atoms with Crippen molar-refractivity contribution in [3.63, 3.8) is 0 Å². The van der Waals surface area contributed by atoms with E-state index in [1.165, 1.54) is 14.2 Å². The third kappa shape index (κ3) is 7.47. The molecule has 8 nitrogen and oxygen atoms in total. The van der Waals surface area contributed by atoms with Crippen molar-refractivity contribution in [2.75, 3.05) is 21.3 Å². The van der Waals surface area contributed by atoms with Gasteiger partial charge in [0.1, 0.15) is 45.1 Å². The summed E-state index contributed by atoms with van der Waals surface area (Å²) in [5, 5.41) is 2.05. The van der Waals surface area contributed by atoms with Crippen molar-refractivity contribution < 1.29 is 36.7 Å². The molecule has 47 heavy (non-hydrogen) atoms. The molecule has 0 aliphatic heterocycles. The summed E-state index contributed by atoms with van der Waals surface area (Å²) < 4.78 is 68.5. The van der Waals surface area contributed by atoms with Crippen LogP contribution < -0.4 is 44.8 Å². The molecule has 0 heterocycles. The Balaban J connectivity index is 1.97. The molecule has 0 saturated carbocycles. The van der Waals surface area contributed by atoms with Gasteiger partial charge >= 0.3 is 0 Å². The molecule has 5 rings (SSSR count). The highest BCUT2D eigenvalue weighted by molar-refractivity contribution is 7.88. The third-order valence-corrected chi connectivity index (χ3v) is 13.3. The van der Waals surface area contributed by atoms with Crippen LogP contribution in [0, 0.1) is 0 Å². The Morgan fingerprint density at radius 2 is 1.04 bits per heavy atom. The number of hydrogen-bond donors (Lipinski definition) is 1. The van der Waals surface area contributed by atoms with Crippen LogP contribution in [0.1, 0.15) is 0 Å². The minimum Gasteiger partial charge on any atom is -0.496 e. The maximum atomic E-state index is 13.5. The highest BCUT2D eigenvalue weighted by Crippen LogP contribution is 2.49. The van der Waals surface area contributed by atoms with Crippen molar-refractivity contribution in [2.45, 2.75) is 24.5 Å². The first kappa shape index (κ1) is 34.0. The molecule has 5 aromatic carbocycles. The zero-order valence-electron chi connectivity index (χ0n) is 27.1. The van der Waals surface area contributed by atoms with Gasteiger partial charge in [-0.05, 0) is 41.6 Å². The van der Waals surface area contributed by atoms with E-state index in [1.54, 1.807) is 31.4 Å². The molecule has 1 unspecified atom stereocenters. The van der Waals surface area contributed by atoms with Crippen LogP contribution in [-0.4, -0.2) is 42.4 Å². The number of ether oxygens (including phenoxy) is 5. The summed E-state index contributed by atoms with van der Waals surface area (Å²) in [7, 11) is -4.46. The van der Waals surface area contributed by atoms with Gasteiger partial charge in [-0.25, -0.2) is 0 Å². The lowest BCUT2D eigenvalue weighted by atomic mass is 10.3. The Kier molecular flexibility index (Phi) is 10.3. The topological polar surface area (TPSA) is 101 Å². The van der Waals surface area contributed by atoms with E-state index in [-0.39, 0.29) is 4.90 Å². The average molecular weight is 689 g/mol. The molecule has 0 aromatic heterocycles. The fourth-order valence-corrected chi connectivity index (χ4v) is 12.1. The number of rotatable bonds is 12. The third-order valence-electron chi connectivity index (χ3n) is 7.34. The van der Waals surface area contributed by atoms with E-state index in [0.717, 1.165) is 0 Å². The predicted molar refractivity (Wildman–Crippen MR) is 191 cm³/mol. The van der Waals surface area contributed by atoms with Crippen LogP contribution in [0.5, 0.6) is 40.2 Å². The van der Waals surface area contributed by atoms with E-state index >= 15 is 0 Å². The molecule has 0 saturated heterocycles. The van der Waals surface area contributed by atoms with Crippen LogP contribution >= 0.6 is 7.92 Å². The number of benzene rings is 5. The quantitative estimate of drug-likeness (QED) is 0.0864. The van der Waals surface area contributed by atoms with Crippen molar-refractivity contribution in [1.29, 1.82) is 0 Å². The van der Waals surface area contributed by atoms with Gasteiger partial charge in [0.2, 0.25) is 0 Å². The molecule has 0 fully saturated rings. The van der Waals surface area contributed by atoms with Gasteiger partial charge < -0.3 is 23.7 Å². The lowest BCUT2D eigenvalue weighted by Crippen LogP contribution is -2.44. The van der Waals surface area contributed by atoms with Crippen molar-refractivity contribution in [1.82, 2.24) is 0 Å². The molecular weight excluding hydrogens is 652 g/mol. The van der Waals surface area contributed by atoms with Gasteiger partial charge in [0.25, 0.3) is 10.1 Å². The molecule has 0 aliphatic carbocycles. The maximum Gasteiger partial charge on any atom is 0.295 e. The summed E-state index contributed by atoms with van der Waals surface area (Å²) in [5.41, 5.74) is 0. The highest BCUT2D eigenvalue weighted by Gasteiger charge is 2.38. The molecule has 11 heteroatoms. The van der Waals surface area contributed by atoms with E-state index < -0.39 is 26.1 Å². The Morgan fingerprint density at radius 3 is 1.47 bits per heavy atom. The van der Waals surface area contributed by atoms with E-state index in [2.05, 4.69) is 0 Å². The molecule has 5 aromatic rings. The standard InChI is InChI=1S/C36H37O8PSSi/c1-40-27-23-30(41-2)35(31(24-27)42-3)45(32-21-14-22-33(47(4,5)6)36(32)46(37,38)39)34-28(43-25-15-9-7-10-16-25)19-13-20-29(34)44-26-17-11-8-12-18-26/h7-24H,1-6H3,(H,37,38,39). The maximum absolute atomic E-state index is 13.5. The van der Waals surface area contributed by atoms with Crippen LogP contribution in [0.3, 0.4) is 0 Å². The van der Waals surface area contributed by atoms with Crippen LogP contribution in [0.4, 0.5) is 0 Å². The van der Waals surface area contributed by atoms with Gasteiger partial charge in [0.05, 0.1) is 40.0 Å². The minimum absolute atomic E-state index is 0.134. The first-order valence-corrected chi connectivity index (χ1v) is 21.0. The molecule has 244 valence electrons. The largest absolute Gasteiger partial charge is 0.496 e. The second-order valence-electron chi connectivity index (χ2n) is 11.5. The van der Waals surface area contributed by atoms with Crippen LogP contribution in [0.15, 0.2) is 114 Å². The average Bonchev–Trinajstić information content (AvgIpc) is 3.05. The molecule has 1 N–H and O–H groups in total. The summed E-state index contributed by atoms with van der Waals surface area (Å²) in [4.78, 5) is -0.134. The summed E-state index contributed by atoms with van der Waals surface area (Å²) in [6.45, 7) is 6.11. The number of methoxy groups -OCH3 is 3. The van der Waals surface area contributed by atoms with Gasteiger partial charge in [0, 0.05) is 25.4 Å². The highest BCUT2D eigenvalue weighted by atomic mass is 32.2. The van der Waals surface area contributed by atoms with E-state index in [9.17, 15) is 13.0 Å². The monoisotopic (exact) mass is 688 g/mol. The predicted octanol–water partition coefficient (Wildman–Crippen LogP) is 6.85. The fourth-order valence-electron chi connectivity index (χ4n) is 5.24. The van der Waals surface area contributed by atoms with Crippen LogP contribution in [0.2, 0.25) is 19.6 Å². The van der Waals surface area contributed by atoms with E-state index in [1.807, 2.05) is 105 Å². The number of para-hydroxylation sites is 2. The van der Waals surface area contributed by atoms with Crippen LogP contribution in [0.25, 0.3) is 0 Å². The lowest BCUT2D eigenvalue weighted by Gasteiger charge is -2.30. The molecule has 0 radical (unpaired) electrons. The fraction of sp³-hybridized carbons (Fsp3) is 0.167. The summed E-state index contributed by atoms with van der Waals surface area (Å²) in [6, 6.07) is 32.8. The summed E-state index contributed by atoms with van der Waals surface area (Å²) in [5.74, 6) is 3.27. The molecular formula is C36H37O8PSSi. The lowest BCUT2D eigenvalue weighted by molar-refractivity contribution is 0.380. The van der Waals surface area contributed by atoms with Gasteiger partial charge in [-0.1, -0.05) is 80.3 Å². The summed E-state index contributed by atoms with van der Waals surface area (Å²) in [6.07, 6.45) is 0. The van der Waals surface area contributed by atoms with Crippen LogP contribution in [-0.2, 0) is 10.1 Å². The molecule has 0 amide bonds. The molecule has 1 atom stereocenters. The second kappa shape index (κ2) is 14.2. The van der Waals surface area contributed by atoms with E-state index in [4.69, 9.17) is 23.7 Å². The first-order valence-electron chi connectivity index (χ1n) is 14.8. The zero-order valence-corrected chi connectivity index (χ0v) is 29.8. The van der Waals surface area contributed by atoms with Crippen molar-refractivity contribution in [2.24, 2.45) is 0 Å². The van der Waals surface area contributed by atoms with Crippen molar-refractivity contribution in [3.05, 3.63) is 109 Å². The van der Waals surface area contributed by atoms with E-state index in [0.29, 0.717) is 61.3 Å². The van der Waals surface area contributed by atoms with Gasteiger partial charge in [-0.3, -0.25) is 4.55 Å². The number of hydrogen-bond acceptors (Lipinski definition) is 7. The Morgan fingerprint density at radius 1 is 0.574 bits per heavy atom. The Hall–Kier alpha value is -4.34. The SMILES string of the molecule is COc1cc(OC)c(P(c2cccc([Si](C)(C)C)c2S(=O)(=O)O)c2c(Oc3ccccc3)cccc2Oc2ccccc2)c(OC)c1. The Bertz CT molecular complexity index is 1880. The molecule has 0 bridgehead atoms. The second-order valence-corrected chi connectivity index (χ2v) is 20.0. The van der Waals surface area contributed by atoms with Gasteiger partial charge in [-0.15, -0.1) is 0 Å². The minimum atomic E-state index is -4.74. The summed E-state index contributed by atoms with van der Waals surface area (Å²) >= 11 is 0. The zero-order chi connectivity index (χ0) is 33.8. The van der Waals surface area contributed by atoms with Crippen molar-refractivity contribution in [3.8, 4) is 40.2 Å². The smallest absolute Gasteiger partial charge is 0.295 e. The normalized spacial score (nSPS) is 12.2. The molecule has 0 aliphatic rings.